The summed E-state index contributed by atoms with van der Waals surface area (Å²) in [7, 11) is 1.55. The van der Waals surface area contributed by atoms with Crippen LogP contribution in [0.2, 0.25) is 0 Å². The molecule has 0 aliphatic carbocycles. The molecule has 4 rings (SSSR count). The molecule has 4 aromatic rings. The van der Waals surface area contributed by atoms with Gasteiger partial charge in [-0.1, -0.05) is 6.07 Å². The van der Waals surface area contributed by atoms with Gasteiger partial charge in [0.15, 0.2) is 5.82 Å². The average molecular weight is 432 g/mol. The normalized spacial score (nSPS) is 10.9. The van der Waals surface area contributed by atoms with E-state index in [2.05, 4.69) is 20.4 Å². The van der Waals surface area contributed by atoms with E-state index in [-0.39, 0.29) is 12.3 Å². The van der Waals surface area contributed by atoms with Crippen LogP contribution >= 0.6 is 0 Å². The summed E-state index contributed by atoms with van der Waals surface area (Å²) in [4.78, 5) is 21.2. The molecular weight excluding hydrogens is 408 g/mol. The molecule has 0 saturated heterocycles. The molecule has 0 N–H and O–H groups in total. The molecule has 9 heteroatoms. The number of aryl methyl sites for hydroxylation is 3. The first-order valence-electron chi connectivity index (χ1n) is 10.3. The van der Waals surface area contributed by atoms with Crippen molar-refractivity contribution in [3.8, 4) is 28.6 Å². The Hall–Kier alpha value is -4.01. The third-order valence-electron chi connectivity index (χ3n) is 4.96. The second-order valence-electron chi connectivity index (χ2n) is 7.27. The summed E-state index contributed by atoms with van der Waals surface area (Å²) < 4.78 is 14.3. The zero-order chi connectivity index (χ0) is 22.7. The predicted molar refractivity (Wildman–Crippen MR) is 119 cm³/mol. The minimum atomic E-state index is -0.349. The molecule has 164 valence electrons. The van der Waals surface area contributed by atoms with E-state index in [4.69, 9.17) is 9.47 Å². The maximum atomic E-state index is 12.4. The van der Waals surface area contributed by atoms with Crippen LogP contribution in [-0.2, 0) is 13.7 Å². The van der Waals surface area contributed by atoms with E-state index in [1.807, 2.05) is 57.2 Å². The van der Waals surface area contributed by atoms with Crippen LogP contribution < -0.4 is 15.2 Å². The molecule has 2 aromatic carbocycles. The van der Waals surface area contributed by atoms with Gasteiger partial charge in [0.1, 0.15) is 18.1 Å². The number of aromatic nitrogens is 6. The van der Waals surface area contributed by atoms with Crippen LogP contribution in [0.5, 0.6) is 11.5 Å². The Morgan fingerprint density at radius 1 is 1.00 bits per heavy atom. The molecule has 0 unspecified atom stereocenters. The Bertz CT molecular complexity index is 1310. The monoisotopic (exact) mass is 432 g/mol. The van der Waals surface area contributed by atoms with Gasteiger partial charge >= 0.3 is 5.69 Å². The number of nitrogens with zero attached hydrogens (tertiary/aromatic N) is 6. The van der Waals surface area contributed by atoms with E-state index in [9.17, 15) is 4.79 Å². The lowest BCUT2D eigenvalue weighted by Crippen LogP contribution is -2.23. The molecule has 0 saturated carbocycles. The lowest BCUT2D eigenvalue weighted by molar-refractivity contribution is 0.284. The van der Waals surface area contributed by atoms with E-state index in [0.717, 1.165) is 16.8 Å². The van der Waals surface area contributed by atoms with Crippen molar-refractivity contribution in [3.63, 3.8) is 0 Å². The quantitative estimate of drug-likeness (QED) is 0.443. The number of tetrazole rings is 1. The van der Waals surface area contributed by atoms with Gasteiger partial charge in [-0.3, -0.25) is 0 Å². The summed E-state index contributed by atoms with van der Waals surface area (Å²) in [5, 5.41) is 7.77. The van der Waals surface area contributed by atoms with Crippen molar-refractivity contribution in [2.75, 3.05) is 6.61 Å². The van der Waals surface area contributed by atoms with Crippen molar-refractivity contribution in [2.45, 2.75) is 27.4 Å². The van der Waals surface area contributed by atoms with Gasteiger partial charge in [0.05, 0.1) is 17.9 Å². The third-order valence-corrected chi connectivity index (χ3v) is 4.96. The van der Waals surface area contributed by atoms with Gasteiger partial charge < -0.3 is 9.47 Å². The zero-order valence-electron chi connectivity index (χ0n) is 18.4. The van der Waals surface area contributed by atoms with Crippen LogP contribution in [0.3, 0.4) is 0 Å². The molecule has 0 spiro atoms. The van der Waals surface area contributed by atoms with Gasteiger partial charge in [-0.15, -0.1) is 0 Å². The van der Waals surface area contributed by atoms with Crippen molar-refractivity contribution >= 4 is 0 Å². The van der Waals surface area contributed by atoms with Crippen LogP contribution in [0.4, 0.5) is 0 Å². The first kappa shape index (κ1) is 21.2. The topological polar surface area (TPSA) is 97.0 Å². The molecule has 2 heterocycles. The van der Waals surface area contributed by atoms with Crippen LogP contribution in [0.25, 0.3) is 17.1 Å². The van der Waals surface area contributed by atoms with Gasteiger partial charge in [-0.2, -0.15) is 9.36 Å². The van der Waals surface area contributed by atoms with Crippen molar-refractivity contribution in [3.05, 3.63) is 76.0 Å². The van der Waals surface area contributed by atoms with Crippen LogP contribution in [0, 0.1) is 13.8 Å². The summed E-state index contributed by atoms with van der Waals surface area (Å²) in [6.45, 7) is 6.48. The van der Waals surface area contributed by atoms with Crippen molar-refractivity contribution in [2.24, 2.45) is 7.05 Å². The maximum Gasteiger partial charge on any atom is 0.368 e. The minimum Gasteiger partial charge on any atom is -0.493 e. The van der Waals surface area contributed by atoms with Crippen molar-refractivity contribution in [1.82, 2.24) is 29.8 Å². The van der Waals surface area contributed by atoms with Gasteiger partial charge in [0, 0.05) is 24.5 Å². The summed E-state index contributed by atoms with van der Waals surface area (Å²) in [5.74, 6) is 2.01. The summed E-state index contributed by atoms with van der Waals surface area (Å²) >= 11 is 0. The maximum absolute atomic E-state index is 12.4. The van der Waals surface area contributed by atoms with Gasteiger partial charge in [-0.25, -0.2) is 14.8 Å². The minimum absolute atomic E-state index is 0.190. The van der Waals surface area contributed by atoms with Crippen molar-refractivity contribution in [1.29, 1.82) is 0 Å². The van der Waals surface area contributed by atoms with E-state index >= 15 is 0 Å². The van der Waals surface area contributed by atoms with Gasteiger partial charge in [-0.05, 0) is 73.2 Å². The van der Waals surface area contributed by atoms with Crippen molar-refractivity contribution < 1.29 is 9.47 Å². The first-order valence-corrected chi connectivity index (χ1v) is 10.3. The highest BCUT2D eigenvalue weighted by molar-refractivity contribution is 5.58. The molecule has 0 aliphatic rings. The lowest BCUT2D eigenvalue weighted by atomic mass is 10.1. The Morgan fingerprint density at radius 3 is 2.53 bits per heavy atom. The van der Waals surface area contributed by atoms with E-state index in [1.165, 1.54) is 9.36 Å². The standard InChI is InChI=1S/C23H24N6O3/c1-5-31-21-8-6-7-19(29-23(30)28(4)26-27-29)18(21)14-32-20-10-9-17(13-15(20)2)22-24-12-11-16(3)25-22/h6-13H,5,14H2,1-4H3. The molecule has 0 atom stereocenters. The molecule has 9 nitrogen and oxygen atoms in total. The SMILES string of the molecule is CCOc1cccc(-n2nnn(C)c2=O)c1COc1ccc(-c2nccc(C)n2)cc1C. The Morgan fingerprint density at radius 2 is 1.84 bits per heavy atom. The molecule has 0 bridgehead atoms. The molecular formula is C23H24N6O3. The average Bonchev–Trinajstić information content (AvgIpc) is 3.12. The summed E-state index contributed by atoms with van der Waals surface area (Å²) in [6, 6.07) is 13.1. The van der Waals surface area contributed by atoms with Crippen LogP contribution in [0.15, 0.2) is 53.5 Å². The van der Waals surface area contributed by atoms with Gasteiger partial charge in [0.25, 0.3) is 0 Å². The van der Waals surface area contributed by atoms with E-state index < -0.39 is 0 Å². The summed E-state index contributed by atoms with van der Waals surface area (Å²) in [6.07, 6.45) is 1.75. The smallest absolute Gasteiger partial charge is 0.368 e. The Balaban J connectivity index is 1.65. The number of rotatable bonds is 7. The Labute approximate surface area is 185 Å². The van der Waals surface area contributed by atoms with Gasteiger partial charge in [0.2, 0.25) is 0 Å². The fourth-order valence-corrected chi connectivity index (χ4v) is 3.34. The zero-order valence-corrected chi connectivity index (χ0v) is 18.4. The Kier molecular flexibility index (Phi) is 5.98. The fourth-order valence-electron chi connectivity index (χ4n) is 3.34. The van der Waals surface area contributed by atoms with Crippen LogP contribution in [-0.4, -0.2) is 36.4 Å². The second-order valence-corrected chi connectivity index (χ2v) is 7.27. The van der Waals surface area contributed by atoms with E-state index in [1.54, 1.807) is 19.3 Å². The molecule has 0 fully saturated rings. The molecule has 0 aliphatic heterocycles. The van der Waals surface area contributed by atoms with E-state index in [0.29, 0.717) is 35.2 Å². The lowest BCUT2D eigenvalue weighted by Gasteiger charge is -2.16. The number of ether oxygens (including phenoxy) is 2. The predicted octanol–water partition coefficient (Wildman–Crippen LogP) is 3.02. The number of hydrogen-bond donors (Lipinski definition) is 0. The third kappa shape index (κ3) is 4.22. The number of benzene rings is 2. The highest BCUT2D eigenvalue weighted by atomic mass is 16.5. The molecule has 32 heavy (non-hydrogen) atoms. The highest BCUT2D eigenvalue weighted by Crippen LogP contribution is 2.29. The molecule has 2 aromatic heterocycles. The number of hydrogen-bond acceptors (Lipinski definition) is 7. The largest absolute Gasteiger partial charge is 0.493 e. The highest BCUT2D eigenvalue weighted by Gasteiger charge is 2.17. The summed E-state index contributed by atoms with van der Waals surface area (Å²) in [5.41, 5.74) is 3.70. The van der Waals surface area contributed by atoms with Crippen LogP contribution in [0.1, 0.15) is 23.7 Å². The second kappa shape index (κ2) is 9.01. The molecule has 0 radical (unpaired) electrons. The molecule has 0 amide bonds. The fraction of sp³-hybridized carbons (Fsp3) is 0.261. The first-order chi connectivity index (χ1) is 15.5.